The van der Waals surface area contributed by atoms with Crippen molar-refractivity contribution in [1.82, 2.24) is 5.32 Å². The number of alkyl halides is 1. The summed E-state index contributed by atoms with van der Waals surface area (Å²) in [6.45, 7) is 4.04. The van der Waals surface area contributed by atoms with Crippen LogP contribution in [0.3, 0.4) is 0 Å². The van der Waals surface area contributed by atoms with Gasteiger partial charge in [-0.25, -0.2) is 0 Å². The van der Waals surface area contributed by atoms with Gasteiger partial charge in [0.2, 0.25) is 0 Å². The first kappa shape index (κ1) is 14.7. The number of carbonyl (C=O) groups is 1. The predicted molar refractivity (Wildman–Crippen MR) is 78.8 cm³/mol. The average Bonchev–Trinajstić information content (AvgIpc) is 2.26. The molecule has 0 heterocycles. The molecule has 2 nitrogen and oxygen atoms in total. The van der Waals surface area contributed by atoms with E-state index in [2.05, 4.69) is 37.2 Å². The molecule has 1 unspecified atom stereocenters. The largest absolute Gasteiger partial charge is 0.350 e. The number of hydrogen-bond donors (Lipinski definition) is 1. The van der Waals surface area contributed by atoms with Gasteiger partial charge in [0.25, 0.3) is 5.91 Å². The van der Waals surface area contributed by atoms with Gasteiger partial charge in [0, 0.05) is 15.8 Å². The summed E-state index contributed by atoms with van der Waals surface area (Å²) in [7, 11) is 0. The van der Waals surface area contributed by atoms with Crippen molar-refractivity contribution in [3.63, 3.8) is 0 Å². The second-order valence-electron chi connectivity index (χ2n) is 4.19. The summed E-state index contributed by atoms with van der Waals surface area (Å²) in [5.41, 5.74) is 1.84. The van der Waals surface area contributed by atoms with Crippen molar-refractivity contribution in [2.75, 3.05) is 5.33 Å². The van der Waals surface area contributed by atoms with E-state index >= 15 is 0 Å². The van der Waals surface area contributed by atoms with E-state index in [1.807, 2.05) is 32.0 Å². The first-order valence-corrected chi connectivity index (χ1v) is 7.59. The van der Waals surface area contributed by atoms with Crippen LogP contribution >= 0.6 is 31.9 Å². The first-order chi connectivity index (χ1) is 8.04. The maximum atomic E-state index is 12.0. The van der Waals surface area contributed by atoms with Crippen LogP contribution in [0.15, 0.2) is 22.7 Å². The summed E-state index contributed by atoms with van der Waals surface area (Å²) in [4.78, 5) is 12.0. The number of hydrogen-bond acceptors (Lipinski definition) is 1. The molecule has 1 N–H and O–H groups in total. The molecule has 0 aliphatic rings. The molecule has 1 amide bonds. The zero-order valence-electron chi connectivity index (χ0n) is 10.1. The van der Waals surface area contributed by atoms with Crippen molar-refractivity contribution >= 4 is 37.8 Å². The highest BCUT2D eigenvalue weighted by molar-refractivity contribution is 9.10. The Bertz CT molecular complexity index is 393. The molecule has 1 aromatic carbocycles. The summed E-state index contributed by atoms with van der Waals surface area (Å²) in [5.74, 6) is -0.0149. The fourth-order valence-corrected chi connectivity index (χ4v) is 2.56. The van der Waals surface area contributed by atoms with Crippen molar-refractivity contribution in [2.45, 2.75) is 32.7 Å². The maximum absolute atomic E-state index is 12.0. The van der Waals surface area contributed by atoms with E-state index in [-0.39, 0.29) is 11.9 Å². The van der Waals surface area contributed by atoms with Crippen LogP contribution < -0.4 is 5.32 Å². The molecule has 0 aliphatic carbocycles. The van der Waals surface area contributed by atoms with E-state index < -0.39 is 0 Å². The highest BCUT2D eigenvalue weighted by atomic mass is 79.9. The lowest BCUT2D eigenvalue weighted by Gasteiger charge is -2.14. The lowest BCUT2D eigenvalue weighted by Crippen LogP contribution is -2.32. The molecule has 4 heteroatoms. The number of halogens is 2. The zero-order chi connectivity index (χ0) is 12.8. The van der Waals surface area contributed by atoms with Crippen LogP contribution in [-0.4, -0.2) is 17.3 Å². The molecule has 0 saturated heterocycles. The predicted octanol–water partition coefficient (Wildman–Crippen LogP) is 4.05. The standard InChI is InChI=1S/C13H17Br2NO/c1-9-5-6-11(12(15)8-9)13(17)16-10(2)4-3-7-14/h5-6,8,10H,3-4,7H2,1-2H3,(H,16,17). The van der Waals surface area contributed by atoms with Crippen molar-refractivity contribution in [3.8, 4) is 0 Å². The van der Waals surface area contributed by atoms with Crippen molar-refractivity contribution in [2.24, 2.45) is 0 Å². The van der Waals surface area contributed by atoms with Crippen LogP contribution in [0, 0.1) is 6.92 Å². The Morgan fingerprint density at radius 2 is 2.18 bits per heavy atom. The summed E-state index contributed by atoms with van der Waals surface area (Å²) in [6.07, 6.45) is 2.05. The molecule has 17 heavy (non-hydrogen) atoms. The van der Waals surface area contributed by atoms with E-state index in [1.54, 1.807) is 0 Å². The fourth-order valence-electron chi connectivity index (χ4n) is 1.56. The van der Waals surface area contributed by atoms with Gasteiger partial charge in [-0.2, -0.15) is 0 Å². The van der Waals surface area contributed by atoms with Crippen molar-refractivity contribution < 1.29 is 4.79 Å². The van der Waals surface area contributed by atoms with E-state index in [0.717, 1.165) is 28.2 Å². The molecule has 0 aromatic heterocycles. The van der Waals surface area contributed by atoms with Gasteiger partial charge in [-0.15, -0.1) is 0 Å². The van der Waals surface area contributed by atoms with Crippen molar-refractivity contribution in [3.05, 3.63) is 33.8 Å². The molecular weight excluding hydrogens is 346 g/mol. The summed E-state index contributed by atoms with van der Waals surface area (Å²) in [6, 6.07) is 5.96. The summed E-state index contributed by atoms with van der Waals surface area (Å²) < 4.78 is 0.850. The number of nitrogens with one attached hydrogen (secondary N) is 1. The van der Waals surface area contributed by atoms with E-state index in [4.69, 9.17) is 0 Å². The highest BCUT2D eigenvalue weighted by Crippen LogP contribution is 2.18. The number of rotatable bonds is 5. The minimum absolute atomic E-state index is 0.0149. The van der Waals surface area contributed by atoms with E-state index in [0.29, 0.717) is 5.56 Å². The molecular formula is C13H17Br2NO. The van der Waals surface area contributed by atoms with Crippen LogP contribution in [0.2, 0.25) is 0 Å². The van der Waals surface area contributed by atoms with Gasteiger partial charge in [0.1, 0.15) is 0 Å². The molecule has 1 aromatic rings. The van der Waals surface area contributed by atoms with Gasteiger partial charge < -0.3 is 5.32 Å². The van der Waals surface area contributed by atoms with Crippen LogP contribution in [0.4, 0.5) is 0 Å². The minimum atomic E-state index is -0.0149. The molecule has 0 saturated carbocycles. The Morgan fingerprint density at radius 3 is 2.76 bits per heavy atom. The fraction of sp³-hybridized carbons (Fsp3) is 0.462. The van der Waals surface area contributed by atoms with Crippen molar-refractivity contribution in [1.29, 1.82) is 0 Å². The molecule has 1 rings (SSSR count). The number of amides is 1. The summed E-state index contributed by atoms with van der Waals surface area (Å²) in [5, 5.41) is 3.98. The Hall–Kier alpha value is -0.350. The number of benzene rings is 1. The smallest absolute Gasteiger partial charge is 0.252 e. The van der Waals surface area contributed by atoms with Gasteiger partial charge in [-0.05, 0) is 60.3 Å². The molecule has 0 spiro atoms. The molecule has 0 bridgehead atoms. The minimum Gasteiger partial charge on any atom is -0.350 e. The third-order valence-corrected chi connectivity index (χ3v) is 3.73. The van der Waals surface area contributed by atoms with E-state index in [1.165, 1.54) is 0 Å². The van der Waals surface area contributed by atoms with Gasteiger partial charge >= 0.3 is 0 Å². The third-order valence-electron chi connectivity index (χ3n) is 2.52. The number of carbonyl (C=O) groups excluding carboxylic acids is 1. The molecule has 0 radical (unpaired) electrons. The lowest BCUT2D eigenvalue weighted by molar-refractivity contribution is 0.0937. The van der Waals surface area contributed by atoms with Gasteiger partial charge in [0.05, 0.1) is 5.56 Å². The van der Waals surface area contributed by atoms with Crippen LogP contribution in [0.1, 0.15) is 35.7 Å². The normalized spacial score (nSPS) is 12.2. The average molecular weight is 363 g/mol. The Balaban J connectivity index is 2.63. The Labute approximate surface area is 119 Å². The quantitative estimate of drug-likeness (QED) is 0.786. The zero-order valence-corrected chi connectivity index (χ0v) is 13.3. The van der Waals surface area contributed by atoms with Gasteiger partial charge in [0.15, 0.2) is 0 Å². The van der Waals surface area contributed by atoms with E-state index in [9.17, 15) is 4.79 Å². The van der Waals surface area contributed by atoms with Crippen LogP contribution in [0.25, 0.3) is 0 Å². The highest BCUT2D eigenvalue weighted by Gasteiger charge is 2.12. The second-order valence-corrected chi connectivity index (χ2v) is 5.84. The lowest BCUT2D eigenvalue weighted by atomic mass is 10.1. The third kappa shape index (κ3) is 4.80. The Morgan fingerprint density at radius 1 is 1.47 bits per heavy atom. The van der Waals surface area contributed by atoms with Crippen LogP contribution in [0.5, 0.6) is 0 Å². The number of aryl methyl sites for hydroxylation is 1. The maximum Gasteiger partial charge on any atom is 0.252 e. The van der Waals surface area contributed by atoms with Gasteiger partial charge in [-0.3, -0.25) is 4.79 Å². The summed E-state index contributed by atoms with van der Waals surface area (Å²) >= 11 is 6.81. The first-order valence-electron chi connectivity index (χ1n) is 5.67. The Kier molecular flexibility index (Phi) is 6.20. The molecule has 1 atom stereocenters. The van der Waals surface area contributed by atoms with Gasteiger partial charge in [-0.1, -0.05) is 22.0 Å². The molecule has 0 fully saturated rings. The monoisotopic (exact) mass is 361 g/mol. The second kappa shape index (κ2) is 7.17. The molecule has 94 valence electrons. The SMILES string of the molecule is Cc1ccc(C(=O)NC(C)CCCBr)c(Br)c1. The van der Waals surface area contributed by atoms with Crippen LogP contribution in [-0.2, 0) is 0 Å². The molecule has 0 aliphatic heterocycles. The topological polar surface area (TPSA) is 29.1 Å².